The van der Waals surface area contributed by atoms with Crippen LogP contribution < -0.4 is 14.8 Å². The first-order chi connectivity index (χ1) is 36.5. The number of nitrogens with zero attached hydrogens (tertiary/aromatic N) is 7. The van der Waals surface area contributed by atoms with E-state index in [9.17, 15) is 0 Å². The first-order valence-electron chi connectivity index (χ1n) is 27.2. The Hall–Kier alpha value is -7.59. The molecule has 0 saturated carbocycles. The number of aromatic nitrogens is 2. The minimum Gasteiger partial charge on any atom is -0.494 e. The molecule has 10 heteroatoms. The molecule has 1 unspecified atom stereocenters. The normalized spacial score (nSPS) is 13.6. The average Bonchev–Trinajstić information content (AvgIpc) is 4.06. The molecule has 1 atom stereocenters. The average molecular weight is 987 g/mol. The molecule has 6 aromatic carbocycles. The first-order valence-corrected chi connectivity index (χ1v) is 27.2. The zero-order valence-electron chi connectivity index (χ0n) is 44.0. The Morgan fingerprint density at radius 1 is 0.486 bits per heavy atom. The van der Waals surface area contributed by atoms with Crippen molar-refractivity contribution in [3.05, 3.63) is 186 Å². The second kappa shape index (κ2) is 28.0. The molecule has 7 aromatic rings. The van der Waals surface area contributed by atoms with Crippen molar-refractivity contribution in [1.82, 2.24) is 20.0 Å². The third-order valence-electron chi connectivity index (χ3n) is 13.4. The molecule has 8 rings (SSSR count). The maximum absolute atomic E-state index is 5.68. The Balaban J connectivity index is 1.01. The van der Waals surface area contributed by atoms with Crippen LogP contribution in [0.15, 0.2) is 178 Å². The summed E-state index contributed by atoms with van der Waals surface area (Å²) in [5.41, 5.74) is 12.8. The molecular formula is C64H74N8O2. The van der Waals surface area contributed by atoms with Gasteiger partial charge in [-0.15, -0.1) is 10.2 Å². The van der Waals surface area contributed by atoms with Gasteiger partial charge in [0, 0.05) is 5.56 Å². The molecule has 0 spiro atoms. The minimum atomic E-state index is -0.678. The van der Waals surface area contributed by atoms with Crippen molar-refractivity contribution in [3.63, 3.8) is 0 Å². The molecule has 0 radical (unpaired) electrons. The number of ether oxygens (including phenoxy) is 2. The van der Waals surface area contributed by atoms with Gasteiger partial charge in [0.1, 0.15) is 11.5 Å². The summed E-state index contributed by atoms with van der Waals surface area (Å²) in [6.07, 6.45) is 24.7. The number of unbranched alkanes of at least 4 members (excludes halogenated alkanes) is 10. The quantitative estimate of drug-likeness (QED) is 0.0299. The van der Waals surface area contributed by atoms with E-state index in [-0.39, 0.29) is 0 Å². The van der Waals surface area contributed by atoms with Gasteiger partial charge in [-0.2, -0.15) is 10.2 Å². The number of imidazole rings is 1. The second-order valence-corrected chi connectivity index (χ2v) is 19.0. The SMILES string of the molecule is CCCCCCCCc1ccc(-c2ccc(C3=CN(/N=C/c4ccc(OCC)cc4)C(/N=N/c4nc(-c5ccc(-c6ccc(CCCCCCCC)cc6)cc5)cn4/N=C/c4ccc(OCC)cc4)N3)cc2)cc1. The molecule has 1 aromatic heterocycles. The Kier molecular flexibility index (Phi) is 20.0. The van der Waals surface area contributed by atoms with E-state index >= 15 is 0 Å². The Morgan fingerprint density at radius 2 is 0.919 bits per heavy atom. The van der Waals surface area contributed by atoms with Crippen molar-refractivity contribution in [2.75, 3.05) is 13.2 Å². The maximum atomic E-state index is 5.68. The summed E-state index contributed by atoms with van der Waals surface area (Å²) < 4.78 is 13.0. The van der Waals surface area contributed by atoms with Crippen molar-refractivity contribution in [3.8, 4) is 45.0 Å². The van der Waals surface area contributed by atoms with Crippen LogP contribution >= 0.6 is 0 Å². The molecule has 0 aliphatic carbocycles. The largest absolute Gasteiger partial charge is 0.494 e. The molecule has 74 heavy (non-hydrogen) atoms. The van der Waals surface area contributed by atoms with Gasteiger partial charge in [-0.1, -0.05) is 175 Å². The van der Waals surface area contributed by atoms with Gasteiger partial charge in [-0.25, -0.2) is 14.7 Å². The highest BCUT2D eigenvalue weighted by Crippen LogP contribution is 2.30. The summed E-state index contributed by atoms with van der Waals surface area (Å²) in [4.78, 5) is 5.00. The van der Waals surface area contributed by atoms with Crippen LogP contribution in [-0.2, 0) is 12.8 Å². The van der Waals surface area contributed by atoms with E-state index in [1.165, 1.54) is 99.3 Å². The molecule has 1 aliphatic heterocycles. The monoisotopic (exact) mass is 987 g/mol. The number of rotatable bonds is 28. The van der Waals surface area contributed by atoms with Gasteiger partial charge < -0.3 is 14.8 Å². The van der Waals surface area contributed by atoms with Crippen LogP contribution in [0, 0.1) is 0 Å². The molecule has 1 N–H and O–H groups in total. The highest BCUT2D eigenvalue weighted by Gasteiger charge is 2.25. The van der Waals surface area contributed by atoms with Gasteiger partial charge >= 0.3 is 0 Å². The summed E-state index contributed by atoms with van der Waals surface area (Å²) >= 11 is 0. The number of azo groups is 1. The minimum absolute atomic E-state index is 0.320. The Morgan fingerprint density at radius 3 is 1.41 bits per heavy atom. The van der Waals surface area contributed by atoms with Gasteiger partial charge in [-0.05, 0) is 138 Å². The summed E-state index contributed by atoms with van der Waals surface area (Å²) in [6, 6.07) is 50.9. The molecular weight excluding hydrogens is 913 g/mol. The predicted molar refractivity (Wildman–Crippen MR) is 306 cm³/mol. The molecule has 0 amide bonds. The lowest BCUT2D eigenvalue weighted by molar-refractivity contribution is 0.293. The molecule has 382 valence electrons. The van der Waals surface area contributed by atoms with Crippen molar-refractivity contribution in [2.24, 2.45) is 20.4 Å². The standard InChI is InChI=1S/C64H74N8O2/c1-5-9-11-13-15-17-19-49-21-29-53(30-22-49)55-33-37-57(38-34-55)61-47-71(65-45-51-25-41-59(42-26-51)73-7-3)63(67-61)69-70-64-68-62(48-72(64)66-46-52-27-43-60(44-28-52)74-8-4)58-39-35-56(36-40-58)54-31-23-50(24-32-54)20-18-16-14-12-10-6-2/h21-48,63,67H,5-20H2,1-4H3/b65-45+,66-46+,70-69+. The Labute approximate surface area is 440 Å². The molecule has 0 bridgehead atoms. The lowest BCUT2D eigenvalue weighted by atomic mass is 9.99. The van der Waals surface area contributed by atoms with Crippen LogP contribution in [0.2, 0.25) is 0 Å². The summed E-state index contributed by atoms with van der Waals surface area (Å²) in [5.74, 6) is 1.94. The van der Waals surface area contributed by atoms with E-state index in [1.54, 1.807) is 15.9 Å². The fourth-order valence-corrected chi connectivity index (χ4v) is 9.06. The van der Waals surface area contributed by atoms with Gasteiger partial charge in [-0.3, -0.25) is 0 Å². The third kappa shape index (κ3) is 15.5. The van der Waals surface area contributed by atoms with Crippen LogP contribution in [0.3, 0.4) is 0 Å². The molecule has 1 aliphatic rings. The molecule has 2 heterocycles. The van der Waals surface area contributed by atoms with Gasteiger partial charge in [0.25, 0.3) is 5.95 Å². The topological polar surface area (TPSA) is 101 Å². The number of nitrogens with one attached hydrogen (secondary N) is 1. The highest BCUT2D eigenvalue weighted by atomic mass is 16.5. The zero-order chi connectivity index (χ0) is 51.2. The first kappa shape index (κ1) is 52.7. The van der Waals surface area contributed by atoms with E-state index < -0.39 is 6.29 Å². The molecule has 10 nitrogen and oxygen atoms in total. The van der Waals surface area contributed by atoms with E-state index in [1.807, 2.05) is 81.0 Å². The third-order valence-corrected chi connectivity index (χ3v) is 13.4. The Bertz CT molecular complexity index is 2880. The second-order valence-electron chi connectivity index (χ2n) is 19.0. The van der Waals surface area contributed by atoms with E-state index in [2.05, 4.69) is 116 Å². The summed E-state index contributed by atoms with van der Waals surface area (Å²) in [7, 11) is 0. The summed E-state index contributed by atoms with van der Waals surface area (Å²) in [5, 5.41) is 24.7. The molecule has 0 saturated heterocycles. The molecule has 0 fully saturated rings. The maximum Gasteiger partial charge on any atom is 0.270 e. The summed E-state index contributed by atoms with van der Waals surface area (Å²) in [6.45, 7) is 9.70. The fourth-order valence-electron chi connectivity index (χ4n) is 9.06. The predicted octanol–water partition coefficient (Wildman–Crippen LogP) is 16.7. The number of hydrazone groups is 1. The van der Waals surface area contributed by atoms with Gasteiger partial charge in [0.2, 0.25) is 6.29 Å². The van der Waals surface area contributed by atoms with Crippen LogP contribution in [0.1, 0.15) is 133 Å². The lowest BCUT2D eigenvalue weighted by Crippen LogP contribution is -2.30. The van der Waals surface area contributed by atoms with Crippen LogP contribution in [0.4, 0.5) is 5.95 Å². The number of aryl methyl sites for hydroxylation is 2. The van der Waals surface area contributed by atoms with Gasteiger partial charge in [0.15, 0.2) is 0 Å². The number of hydrogen-bond acceptors (Lipinski definition) is 9. The highest BCUT2D eigenvalue weighted by molar-refractivity contribution is 5.81. The van der Waals surface area contributed by atoms with Crippen molar-refractivity contribution >= 4 is 24.1 Å². The van der Waals surface area contributed by atoms with Crippen molar-refractivity contribution in [2.45, 2.75) is 124 Å². The van der Waals surface area contributed by atoms with Crippen LogP contribution in [-0.4, -0.2) is 46.6 Å². The fraction of sp³-hybridized carbons (Fsp3) is 0.328. The number of hydrogen-bond donors (Lipinski definition) is 1. The van der Waals surface area contributed by atoms with Crippen molar-refractivity contribution in [1.29, 1.82) is 0 Å². The lowest BCUT2D eigenvalue weighted by Gasteiger charge is -2.15. The number of benzene rings is 6. The smallest absolute Gasteiger partial charge is 0.270 e. The zero-order valence-corrected chi connectivity index (χ0v) is 44.0. The van der Waals surface area contributed by atoms with Crippen LogP contribution in [0.5, 0.6) is 11.5 Å². The van der Waals surface area contributed by atoms with Gasteiger partial charge in [0.05, 0.1) is 49.4 Å². The van der Waals surface area contributed by atoms with Crippen LogP contribution in [0.25, 0.3) is 39.2 Å². The van der Waals surface area contributed by atoms with E-state index in [0.717, 1.165) is 69.1 Å². The van der Waals surface area contributed by atoms with E-state index in [0.29, 0.717) is 19.2 Å². The van der Waals surface area contributed by atoms with E-state index in [4.69, 9.17) is 34.9 Å². The van der Waals surface area contributed by atoms with Crippen molar-refractivity contribution < 1.29 is 9.47 Å².